The summed E-state index contributed by atoms with van der Waals surface area (Å²) < 4.78 is 0. The molecule has 2 aromatic rings. The molecule has 2 aromatic carbocycles. The van der Waals surface area contributed by atoms with Crippen LogP contribution in [0.5, 0.6) is 5.75 Å². The quantitative estimate of drug-likeness (QED) is 0.867. The van der Waals surface area contributed by atoms with E-state index in [0.29, 0.717) is 5.56 Å². The summed E-state index contributed by atoms with van der Waals surface area (Å²) >= 11 is 0. The van der Waals surface area contributed by atoms with Crippen LogP contribution in [0.15, 0.2) is 48.5 Å². The van der Waals surface area contributed by atoms with Crippen LogP contribution in [-0.4, -0.2) is 5.11 Å². The highest BCUT2D eigenvalue weighted by Gasteiger charge is 2.23. The van der Waals surface area contributed by atoms with Crippen LogP contribution >= 0.6 is 0 Å². The van der Waals surface area contributed by atoms with Gasteiger partial charge in [0.25, 0.3) is 0 Å². The zero-order valence-corrected chi connectivity index (χ0v) is 10.5. The maximum Gasteiger partial charge on any atom is 0.133 e. The summed E-state index contributed by atoms with van der Waals surface area (Å²) in [5.41, 5.74) is 2.32. The lowest BCUT2D eigenvalue weighted by atomic mass is 9.78. The standard InChI is InChI=1S/C16H15NO/c1-16(2,13-6-4-3-5-7-13)14-8-9-15(18)12(10-14)11-17/h3-10,18H,1-2H3. The van der Waals surface area contributed by atoms with Crippen LogP contribution in [0.25, 0.3) is 0 Å². The fourth-order valence-electron chi connectivity index (χ4n) is 2.04. The van der Waals surface area contributed by atoms with E-state index in [2.05, 4.69) is 26.0 Å². The minimum atomic E-state index is -0.194. The summed E-state index contributed by atoms with van der Waals surface area (Å²) in [5.74, 6) is 0.0325. The fourth-order valence-corrected chi connectivity index (χ4v) is 2.04. The van der Waals surface area contributed by atoms with Crippen molar-refractivity contribution >= 4 is 0 Å². The van der Waals surface area contributed by atoms with Gasteiger partial charge in [0.2, 0.25) is 0 Å². The molecule has 0 radical (unpaired) electrons. The SMILES string of the molecule is CC(C)(c1ccccc1)c1ccc(O)c(C#N)c1. The Labute approximate surface area is 107 Å². The van der Waals surface area contributed by atoms with E-state index in [1.807, 2.05) is 30.3 Å². The van der Waals surface area contributed by atoms with E-state index in [4.69, 9.17) is 5.26 Å². The normalized spacial score (nSPS) is 10.9. The Morgan fingerprint density at radius 3 is 2.28 bits per heavy atom. The first-order valence-corrected chi connectivity index (χ1v) is 5.85. The van der Waals surface area contributed by atoms with Crippen LogP contribution in [0.4, 0.5) is 0 Å². The molecule has 0 unspecified atom stereocenters. The van der Waals surface area contributed by atoms with Gasteiger partial charge in [-0.25, -0.2) is 0 Å². The highest BCUT2D eigenvalue weighted by atomic mass is 16.3. The topological polar surface area (TPSA) is 44.0 Å². The Hall–Kier alpha value is -2.27. The van der Waals surface area contributed by atoms with Gasteiger partial charge in [0.1, 0.15) is 11.8 Å². The molecule has 0 saturated heterocycles. The monoisotopic (exact) mass is 237 g/mol. The second-order valence-electron chi connectivity index (χ2n) is 4.83. The van der Waals surface area contributed by atoms with Crippen molar-refractivity contribution in [3.8, 4) is 11.8 Å². The van der Waals surface area contributed by atoms with Crippen LogP contribution in [-0.2, 0) is 5.41 Å². The number of rotatable bonds is 2. The van der Waals surface area contributed by atoms with Gasteiger partial charge in [0.15, 0.2) is 0 Å². The number of phenols is 1. The van der Waals surface area contributed by atoms with Crippen LogP contribution in [0.1, 0.15) is 30.5 Å². The third-order valence-electron chi connectivity index (χ3n) is 3.33. The Morgan fingerprint density at radius 1 is 1.00 bits per heavy atom. The second kappa shape index (κ2) is 4.54. The van der Waals surface area contributed by atoms with E-state index in [1.165, 1.54) is 5.56 Å². The van der Waals surface area contributed by atoms with Gasteiger partial charge in [-0.3, -0.25) is 0 Å². The van der Waals surface area contributed by atoms with E-state index in [0.717, 1.165) is 5.56 Å². The van der Waals surface area contributed by atoms with Crippen LogP contribution in [0.2, 0.25) is 0 Å². The minimum Gasteiger partial charge on any atom is -0.507 e. The zero-order valence-electron chi connectivity index (χ0n) is 10.5. The first-order valence-electron chi connectivity index (χ1n) is 5.85. The summed E-state index contributed by atoms with van der Waals surface area (Å²) in [5, 5.41) is 18.5. The Kier molecular flexibility index (Phi) is 3.08. The van der Waals surface area contributed by atoms with Gasteiger partial charge >= 0.3 is 0 Å². The third-order valence-corrected chi connectivity index (χ3v) is 3.33. The number of benzene rings is 2. The van der Waals surface area contributed by atoms with Crippen LogP contribution in [0.3, 0.4) is 0 Å². The zero-order chi connectivity index (χ0) is 13.2. The molecule has 0 fully saturated rings. The first kappa shape index (κ1) is 12.2. The summed E-state index contributed by atoms with van der Waals surface area (Å²) in [6.45, 7) is 4.21. The molecule has 0 saturated carbocycles. The number of hydrogen-bond acceptors (Lipinski definition) is 2. The molecule has 0 spiro atoms. The summed E-state index contributed by atoms with van der Waals surface area (Å²) in [6, 6.07) is 17.3. The predicted molar refractivity (Wildman–Crippen MR) is 71.4 cm³/mol. The minimum absolute atomic E-state index is 0.0325. The molecule has 0 aliphatic heterocycles. The lowest BCUT2D eigenvalue weighted by Gasteiger charge is -2.26. The van der Waals surface area contributed by atoms with Gasteiger partial charge in [-0.1, -0.05) is 50.2 Å². The third kappa shape index (κ3) is 2.08. The van der Waals surface area contributed by atoms with Gasteiger partial charge in [-0.15, -0.1) is 0 Å². The molecule has 2 heteroatoms. The number of aromatic hydroxyl groups is 1. The molecular weight excluding hydrogens is 222 g/mol. The van der Waals surface area contributed by atoms with Gasteiger partial charge < -0.3 is 5.11 Å². The Balaban J connectivity index is 2.52. The molecule has 0 atom stereocenters. The molecule has 0 heterocycles. The van der Waals surface area contributed by atoms with Crippen molar-refractivity contribution in [3.05, 3.63) is 65.2 Å². The molecule has 0 aliphatic carbocycles. The molecule has 18 heavy (non-hydrogen) atoms. The van der Waals surface area contributed by atoms with Crippen molar-refractivity contribution in [2.45, 2.75) is 19.3 Å². The van der Waals surface area contributed by atoms with Gasteiger partial charge in [-0.2, -0.15) is 5.26 Å². The van der Waals surface area contributed by atoms with Gasteiger partial charge in [0, 0.05) is 5.41 Å². The smallest absolute Gasteiger partial charge is 0.133 e. The number of phenolic OH excluding ortho intramolecular Hbond substituents is 1. The Morgan fingerprint density at radius 2 is 1.67 bits per heavy atom. The van der Waals surface area contributed by atoms with Gasteiger partial charge in [0.05, 0.1) is 5.56 Å². The highest BCUT2D eigenvalue weighted by Crippen LogP contribution is 2.33. The molecule has 1 N–H and O–H groups in total. The van der Waals surface area contributed by atoms with Crippen molar-refractivity contribution in [2.24, 2.45) is 0 Å². The number of nitrogens with zero attached hydrogens (tertiary/aromatic N) is 1. The molecular formula is C16H15NO. The lowest BCUT2D eigenvalue weighted by molar-refractivity contribution is 0.472. The largest absolute Gasteiger partial charge is 0.507 e. The fraction of sp³-hybridized carbons (Fsp3) is 0.188. The maximum absolute atomic E-state index is 9.55. The molecule has 0 aliphatic rings. The maximum atomic E-state index is 9.55. The van der Waals surface area contributed by atoms with Crippen molar-refractivity contribution in [3.63, 3.8) is 0 Å². The van der Waals surface area contributed by atoms with E-state index in [-0.39, 0.29) is 11.2 Å². The molecule has 0 aromatic heterocycles. The van der Waals surface area contributed by atoms with E-state index < -0.39 is 0 Å². The Bertz CT molecular complexity index is 594. The van der Waals surface area contributed by atoms with E-state index in [9.17, 15) is 5.11 Å². The summed E-state index contributed by atoms with van der Waals surface area (Å²) in [7, 11) is 0. The highest BCUT2D eigenvalue weighted by molar-refractivity contribution is 5.48. The summed E-state index contributed by atoms with van der Waals surface area (Å²) in [6.07, 6.45) is 0. The van der Waals surface area contributed by atoms with Crippen LogP contribution < -0.4 is 0 Å². The van der Waals surface area contributed by atoms with E-state index >= 15 is 0 Å². The molecule has 2 rings (SSSR count). The van der Waals surface area contributed by atoms with Crippen LogP contribution in [0, 0.1) is 11.3 Å². The predicted octanol–water partition coefficient (Wildman–Crippen LogP) is 3.59. The summed E-state index contributed by atoms with van der Waals surface area (Å²) in [4.78, 5) is 0. The number of hydrogen-bond donors (Lipinski definition) is 1. The molecule has 0 bridgehead atoms. The molecule has 90 valence electrons. The van der Waals surface area contributed by atoms with Crippen molar-refractivity contribution in [1.29, 1.82) is 5.26 Å². The average Bonchev–Trinajstić information content (AvgIpc) is 2.40. The van der Waals surface area contributed by atoms with Gasteiger partial charge in [-0.05, 0) is 23.3 Å². The molecule has 2 nitrogen and oxygen atoms in total. The second-order valence-corrected chi connectivity index (χ2v) is 4.83. The molecule has 0 amide bonds. The number of nitriles is 1. The van der Waals surface area contributed by atoms with E-state index in [1.54, 1.807) is 12.1 Å². The lowest BCUT2D eigenvalue weighted by Crippen LogP contribution is -2.18. The van der Waals surface area contributed by atoms with Crippen molar-refractivity contribution < 1.29 is 5.11 Å². The first-order chi connectivity index (χ1) is 8.55. The van der Waals surface area contributed by atoms with Crippen molar-refractivity contribution in [2.75, 3.05) is 0 Å². The van der Waals surface area contributed by atoms with Crippen molar-refractivity contribution in [1.82, 2.24) is 0 Å². The average molecular weight is 237 g/mol.